The zero-order valence-electron chi connectivity index (χ0n) is 10.1. The molecule has 1 N–H and O–H groups in total. The summed E-state index contributed by atoms with van der Waals surface area (Å²) in [5.41, 5.74) is 0.705. The first-order valence-corrected chi connectivity index (χ1v) is 6.37. The third-order valence-electron chi connectivity index (χ3n) is 2.85. The number of carbonyl (C=O) groups excluding carboxylic acids is 1. The Labute approximate surface area is 104 Å². The predicted octanol–water partition coefficient (Wildman–Crippen LogP) is 1.83. The van der Waals surface area contributed by atoms with Gasteiger partial charge in [-0.15, -0.1) is 0 Å². The summed E-state index contributed by atoms with van der Waals surface area (Å²) in [7, 11) is 1.38. The Hall–Kier alpha value is -1.14. The third-order valence-corrected chi connectivity index (χ3v) is 3.92. The first kappa shape index (κ1) is 12.3. The number of hydrogen-bond donors (Lipinski definition) is 1. The Morgan fingerprint density at radius 3 is 3.00 bits per heavy atom. The normalized spacial score (nSPS) is 23.7. The van der Waals surface area contributed by atoms with Crippen LogP contribution in [-0.4, -0.2) is 36.8 Å². The largest absolute Gasteiger partial charge is 0.465 e. The van der Waals surface area contributed by atoms with E-state index >= 15 is 0 Å². The van der Waals surface area contributed by atoms with Crippen LogP contribution in [-0.2, 0) is 9.47 Å². The lowest BCUT2D eigenvalue weighted by molar-refractivity contribution is 0.0605. The standard InChI is InChI=1S/C11H16N2O3S/c1-6-9(10(14)15-3)17-11(12-6)13-8-4-5-16-7(8)2/h7-8H,4-5H2,1-3H3,(H,12,13). The minimum absolute atomic E-state index is 0.181. The van der Waals surface area contributed by atoms with Crippen LogP contribution in [0.1, 0.15) is 28.7 Å². The van der Waals surface area contributed by atoms with E-state index in [1.54, 1.807) is 0 Å². The van der Waals surface area contributed by atoms with Crippen molar-refractivity contribution in [3.8, 4) is 0 Å². The van der Waals surface area contributed by atoms with Crippen molar-refractivity contribution in [2.45, 2.75) is 32.4 Å². The molecule has 0 aromatic carbocycles. The van der Waals surface area contributed by atoms with E-state index in [0.717, 1.165) is 18.2 Å². The fourth-order valence-electron chi connectivity index (χ4n) is 1.82. The smallest absolute Gasteiger partial charge is 0.350 e. The molecule has 5 nitrogen and oxygen atoms in total. The molecule has 1 saturated heterocycles. The van der Waals surface area contributed by atoms with Crippen molar-refractivity contribution in [2.24, 2.45) is 0 Å². The number of carbonyl (C=O) groups is 1. The maximum atomic E-state index is 11.4. The summed E-state index contributed by atoms with van der Waals surface area (Å²) < 4.78 is 10.2. The molecule has 0 amide bonds. The highest BCUT2D eigenvalue weighted by Gasteiger charge is 2.25. The Morgan fingerprint density at radius 2 is 2.41 bits per heavy atom. The molecule has 0 saturated carbocycles. The summed E-state index contributed by atoms with van der Waals surface area (Å²) in [5, 5.41) is 4.06. The van der Waals surface area contributed by atoms with E-state index in [0.29, 0.717) is 10.6 Å². The molecule has 2 heterocycles. The molecule has 1 aliphatic heterocycles. The molecule has 1 fully saturated rings. The molecule has 0 spiro atoms. The van der Waals surface area contributed by atoms with Gasteiger partial charge in [0.05, 0.1) is 24.9 Å². The van der Waals surface area contributed by atoms with E-state index in [4.69, 9.17) is 9.47 Å². The van der Waals surface area contributed by atoms with Crippen molar-refractivity contribution in [1.82, 2.24) is 4.98 Å². The molecule has 2 unspecified atom stereocenters. The second-order valence-corrected chi connectivity index (χ2v) is 5.04. The van der Waals surface area contributed by atoms with Gasteiger partial charge in [-0.05, 0) is 20.3 Å². The Kier molecular flexibility index (Phi) is 3.63. The van der Waals surface area contributed by atoms with Crippen LogP contribution in [0.25, 0.3) is 0 Å². The Morgan fingerprint density at radius 1 is 1.65 bits per heavy atom. The summed E-state index contributed by atoms with van der Waals surface area (Å²) in [6.07, 6.45) is 1.15. The van der Waals surface area contributed by atoms with E-state index in [1.807, 2.05) is 13.8 Å². The van der Waals surface area contributed by atoms with Gasteiger partial charge in [0.15, 0.2) is 5.13 Å². The number of nitrogens with zero attached hydrogens (tertiary/aromatic N) is 1. The van der Waals surface area contributed by atoms with Crippen LogP contribution in [0.5, 0.6) is 0 Å². The molecule has 1 aromatic rings. The van der Waals surface area contributed by atoms with E-state index in [9.17, 15) is 4.79 Å². The maximum absolute atomic E-state index is 11.4. The van der Waals surface area contributed by atoms with Crippen molar-refractivity contribution in [3.05, 3.63) is 10.6 Å². The topological polar surface area (TPSA) is 60.5 Å². The van der Waals surface area contributed by atoms with Gasteiger partial charge in [-0.2, -0.15) is 0 Å². The number of aromatic nitrogens is 1. The second-order valence-electron chi connectivity index (χ2n) is 4.04. The minimum atomic E-state index is -0.330. The van der Waals surface area contributed by atoms with Crippen LogP contribution >= 0.6 is 11.3 Å². The van der Waals surface area contributed by atoms with E-state index in [1.165, 1.54) is 18.4 Å². The molecule has 0 radical (unpaired) electrons. The predicted molar refractivity (Wildman–Crippen MR) is 65.6 cm³/mol. The number of rotatable bonds is 3. The van der Waals surface area contributed by atoms with Gasteiger partial charge in [0.2, 0.25) is 0 Å². The molecule has 0 bridgehead atoms. The van der Waals surface area contributed by atoms with Crippen molar-refractivity contribution in [2.75, 3.05) is 19.0 Å². The van der Waals surface area contributed by atoms with Gasteiger partial charge in [0, 0.05) is 6.61 Å². The van der Waals surface area contributed by atoms with Gasteiger partial charge in [-0.3, -0.25) is 0 Å². The van der Waals surface area contributed by atoms with Crippen LogP contribution < -0.4 is 5.32 Å². The molecule has 1 aromatic heterocycles. The van der Waals surface area contributed by atoms with Gasteiger partial charge in [-0.1, -0.05) is 11.3 Å². The van der Waals surface area contributed by atoms with Crippen LogP contribution in [0.4, 0.5) is 5.13 Å². The van der Waals surface area contributed by atoms with Crippen LogP contribution in [0, 0.1) is 6.92 Å². The molecule has 2 atom stereocenters. The van der Waals surface area contributed by atoms with Crippen molar-refractivity contribution in [3.63, 3.8) is 0 Å². The molecule has 94 valence electrons. The lowest BCUT2D eigenvalue weighted by Gasteiger charge is -2.14. The maximum Gasteiger partial charge on any atom is 0.350 e. The number of ether oxygens (including phenoxy) is 2. The lowest BCUT2D eigenvalue weighted by Crippen LogP contribution is -2.26. The van der Waals surface area contributed by atoms with Crippen LogP contribution in [0.3, 0.4) is 0 Å². The SMILES string of the molecule is COC(=O)c1sc(NC2CCOC2C)nc1C. The summed E-state index contributed by atoms with van der Waals surface area (Å²) in [6, 6.07) is 0.269. The first-order valence-electron chi connectivity index (χ1n) is 5.55. The fourth-order valence-corrected chi connectivity index (χ4v) is 2.77. The summed E-state index contributed by atoms with van der Waals surface area (Å²) >= 11 is 1.33. The van der Waals surface area contributed by atoms with E-state index in [-0.39, 0.29) is 18.1 Å². The molecular weight excluding hydrogens is 240 g/mol. The molecule has 17 heavy (non-hydrogen) atoms. The van der Waals surface area contributed by atoms with Gasteiger partial charge in [-0.25, -0.2) is 9.78 Å². The zero-order valence-corrected chi connectivity index (χ0v) is 11.0. The summed E-state index contributed by atoms with van der Waals surface area (Å²) in [5.74, 6) is -0.330. The van der Waals surface area contributed by atoms with Gasteiger partial charge >= 0.3 is 5.97 Å². The minimum Gasteiger partial charge on any atom is -0.465 e. The monoisotopic (exact) mass is 256 g/mol. The van der Waals surface area contributed by atoms with E-state index < -0.39 is 0 Å². The molecule has 0 aliphatic carbocycles. The molecule has 6 heteroatoms. The van der Waals surface area contributed by atoms with Crippen LogP contribution in [0.15, 0.2) is 0 Å². The summed E-state index contributed by atoms with van der Waals surface area (Å²) in [4.78, 5) is 16.3. The molecular formula is C11H16N2O3S. The Balaban J connectivity index is 2.09. The average molecular weight is 256 g/mol. The number of esters is 1. The highest BCUT2D eigenvalue weighted by molar-refractivity contribution is 7.17. The number of hydrogen-bond acceptors (Lipinski definition) is 6. The van der Waals surface area contributed by atoms with Crippen molar-refractivity contribution >= 4 is 22.4 Å². The number of nitrogens with one attached hydrogen (secondary N) is 1. The van der Waals surface area contributed by atoms with Crippen molar-refractivity contribution < 1.29 is 14.3 Å². The van der Waals surface area contributed by atoms with Crippen LogP contribution in [0.2, 0.25) is 0 Å². The van der Waals surface area contributed by atoms with Gasteiger partial charge in [0.1, 0.15) is 4.88 Å². The van der Waals surface area contributed by atoms with E-state index in [2.05, 4.69) is 10.3 Å². The molecule has 2 rings (SSSR count). The zero-order chi connectivity index (χ0) is 12.4. The third kappa shape index (κ3) is 2.58. The lowest BCUT2D eigenvalue weighted by atomic mass is 10.2. The number of aryl methyl sites for hydroxylation is 1. The number of thiazole rings is 1. The second kappa shape index (κ2) is 5.01. The van der Waals surface area contributed by atoms with Gasteiger partial charge in [0.25, 0.3) is 0 Å². The number of anilines is 1. The number of methoxy groups -OCH3 is 1. The highest BCUT2D eigenvalue weighted by Crippen LogP contribution is 2.26. The summed E-state index contributed by atoms with van der Waals surface area (Å²) in [6.45, 7) is 4.61. The molecule has 1 aliphatic rings. The Bertz CT molecular complexity index is 419. The van der Waals surface area contributed by atoms with Gasteiger partial charge < -0.3 is 14.8 Å². The quantitative estimate of drug-likeness (QED) is 0.836. The van der Waals surface area contributed by atoms with Crippen molar-refractivity contribution in [1.29, 1.82) is 0 Å². The highest BCUT2D eigenvalue weighted by atomic mass is 32.1. The first-order chi connectivity index (χ1) is 8.11. The fraction of sp³-hybridized carbons (Fsp3) is 0.636. The average Bonchev–Trinajstić information content (AvgIpc) is 2.86.